The van der Waals surface area contributed by atoms with Gasteiger partial charge in [-0.1, -0.05) is 35.5 Å². The van der Waals surface area contributed by atoms with E-state index >= 15 is 0 Å². The minimum absolute atomic E-state index is 0.393. The first-order valence-corrected chi connectivity index (χ1v) is 7.72. The highest BCUT2D eigenvalue weighted by molar-refractivity contribution is 5.76. The third-order valence-corrected chi connectivity index (χ3v) is 3.49. The van der Waals surface area contributed by atoms with E-state index in [0.717, 1.165) is 11.1 Å². The van der Waals surface area contributed by atoms with Gasteiger partial charge in [0.05, 0.1) is 7.11 Å². The van der Waals surface area contributed by atoms with Crippen molar-refractivity contribution >= 4 is 18.1 Å². The van der Waals surface area contributed by atoms with Crippen LogP contribution in [0.3, 0.4) is 0 Å². The molecule has 3 aromatic rings. The third kappa shape index (κ3) is 4.14. The predicted molar refractivity (Wildman–Crippen MR) is 95.2 cm³/mol. The Labute approximate surface area is 145 Å². The molecule has 0 amide bonds. The van der Waals surface area contributed by atoms with Crippen molar-refractivity contribution in [2.24, 2.45) is 0 Å². The quantitative estimate of drug-likeness (QED) is 0.509. The molecule has 5 nitrogen and oxygen atoms in total. The molecular weight excluding hydrogens is 318 g/mol. The summed E-state index contributed by atoms with van der Waals surface area (Å²) in [4.78, 5) is 11.3. The average Bonchev–Trinajstić information content (AvgIpc) is 3.10. The van der Waals surface area contributed by atoms with E-state index in [1.807, 2.05) is 48.5 Å². The Morgan fingerprint density at radius 3 is 2.60 bits per heavy atom. The van der Waals surface area contributed by atoms with Crippen LogP contribution in [0.5, 0.6) is 11.5 Å². The minimum atomic E-state index is -0.393. The van der Waals surface area contributed by atoms with Crippen molar-refractivity contribution in [1.82, 2.24) is 5.16 Å². The number of methoxy groups -OCH3 is 1. The second kappa shape index (κ2) is 7.49. The van der Waals surface area contributed by atoms with Crippen LogP contribution >= 0.6 is 0 Å². The van der Waals surface area contributed by atoms with Crippen molar-refractivity contribution in [1.29, 1.82) is 0 Å². The summed E-state index contributed by atoms with van der Waals surface area (Å²) in [5.74, 6) is 1.34. The molecule has 126 valence electrons. The van der Waals surface area contributed by atoms with Gasteiger partial charge in [-0.3, -0.25) is 4.79 Å². The van der Waals surface area contributed by atoms with E-state index in [1.165, 1.54) is 6.92 Å². The standard InChI is InChI=1S/C20H17NO4/c1-14(22)24-19-13-18(23-2)11-9-16(19)8-10-17-12-20(25-21-17)15-6-4-3-5-7-15/h3-13H,1-2H3/b10-8+. The number of esters is 1. The van der Waals surface area contributed by atoms with Crippen LogP contribution in [0.4, 0.5) is 0 Å². The lowest BCUT2D eigenvalue weighted by molar-refractivity contribution is -0.131. The Kier molecular flexibility index (Phi) is 4.95. The van der Waals surface area contributed by atoms with E-state index in [-0.39, 0.29) is 0 Å². The molecule has 0 saturated heterocycles. The predicted octanol–water partition coefficient (Wildman–Crippen LogP) is 4.45. The lowest BCUT2D eigenvalue weighted by atomic mass is 10.1. The first kappa shape index (κ1) is 16.5. The van der Waals surface area contributed by atoms with Gasteiger partial charge in [-0.2, -0.15) is 0 Å². The molecule has 2 aromatic carbocycles. The molecule has 0 atom stereocenters. The van der Waals surface area contributed by atoms with Crippen molar-refractivity contribution in [3.8, 4) is 22.8 Å². The number of carbonyl (C=O) groups is 1. The van der Waals surface area contributed by atoms with Crippen molar-refractivity contribution in [2.45, 2.75) is 6.92 Å². The van der Waals surface area contributed by atoms with E-state index in [4.69, 9.17) is 14.0 Å². The van der Waals surface area contributed by atoms with Crippen LogP contribution in [-0.2, 0) is 4.79 Å². The van der Waals surface area contributed by atoms with Crippen LogP contribution in [0.25, 0.3) is 23.5 Å². The Bertz CT molecular complexity index is 897. The highest BCUT2D eigenvalue weighted by Crippen LogP contribution is 2.27. The topological polar surface area (TPSA) is 61.6 Å². The summed E-state index contributed by atoms with van der Waals surface area (Å²) in [5, 5.41) is 4.04. The van der Waals surface area contributed by atoms with Gasteiger partial charge in [-0.15, -0.1) is 0 Å². The Morgan fingerprint density at radius 2 is 1.88 bits per heavy atom. The lowest BCUT2D eigenvalue weighted by Crippen LogP contribution is -2.03. The summed E-state index contributed by atoms with van der Waals surface area (Å²) < 4.78 is 15.8. The van der Waals surface area contributed by atoms with E-state index in [0.29, 0.717) is 23.0 Å². The summed E-state index contributed by atoms with van der Waals surface area (Å²) in [6.45, 7) is 1.36. The molecule has 0 aliphatic rings. The van der Waals surface area contributed by atoms with E-state index in [9.17, 15) is 4.79 Å². The minimum Gasteiger partial charge on any atom is -0.497 e. The van der Waals surface area contributed by atoms with Gasteiger partial charge in [0.15, 0.2) is 5.76 Å². The molecule has 1 heterocycles. The smallest absolute Gasteiger partial charge is 0.308 e. The maximum absolute atomic E-state index is 11.3. The summed E-state index contributed by atoms with van der Waals surface area (Å²) in [6.07, 6.45) is 3.61. The van der Waals surface area contributed by atoms with Gasteiger partial charge in [0, 0.05) is 30.2 Å². The molecule has 0 fully saturated rings. The van der Waals surface area contributed by atoms with Crippen molar-refractivity contribution in [3.63, 3.8) is 0 Å². The van der Waals surface area contributed by atoms with Crippen LogP contribution in [0.2, 0.25) is 0 Å². The molecule has 0 aliphatic heterocycles. The maximum Gasteiger partial charge on any atom is 0.308 e. The Morgan fingerprint density at radius 1 is 1.08 bits per heavy atom. The highest BCUT2D eigenvalue weighted by atomic mass is 16.5. The Balaban J connectivity index is 1.84. The molecule has 0 radical (unpaired) electrons. The first-order valence-electron chi connectivity index (χ1n) is 7.72. The van der Waals surface area contributed by atoms with Crippen molar-refractivity contribution in [2.75, 3.05) is 7.11 Å². The molecule has 0 aliphatic carbocycles. The summed E-state index contributed by atoms with van der Waals surface area (Å²) in [6, 6.07) is 16.9. The third-order valence-electron chi connectivity index (χ3n) is 3.49. The first-order chi connectivity index (χ1) is 12.2. The highest BCUT2D eigenvalue weighted by Gasteiger charge is 2.08. The molecule has 5 heteroatoms. The number of rotatable bonds is 5. The normalized spacial score (nSPS) is 10.8. The number of benzene rings is 2. The molecule has 0 bridgehead atoms. The Hall–Kier alpha value is -3.34. The van der Waals surface area contributed by atoms with E-state index in [1.54, 1.807) is 25.3 Å². The van der Waals surface area contributed by atoms with E-state index < -0.39 is 5.97 Å². The van der Waals surface area contributed by atoms with Crippen molar-refractivity contribution < 1.29 is 18.8 Å². The van der Waals surface area contributed by atoms with Gasteiger partial charge in [-0.25, -0.2) is 0 Å². The van der Waals surface area contributed by atoms with Crippen LogP contribution in [0.15, 0.2) is 59.1 Å². The fourth-order valence-corrected chi connectivity index (χ4v) is 2.30. The van der Waals surface area contributed by atoms with Crippen LogP contribution < -0.4 is 9.47 Å². The van der Waals surface area contributed by atoms with Crippen LogP contribution in [0, 0.1) is 0 Å². The van der Waals surface area contributed by atoms with Gasteiger partial charge >= 0.3 is 5.97 Å². The number of carbonyl (C=O) groups excluding carboxylic acids is 1. The molecule has 0 N–H and O–H groups in total. The SMILES string of the molecule is COc1ccc(/C=C/c2cc(-c3ccccc3)on2)c(OC(C)=O)c1. The molecule has 1 aromatic heterocycles. The zero-order valence-electron chi connectivity index (χ0n) is 13.9. The van der Waals surface area contributed by atoms with Gasteiger partial charge in [0.2, 0.25) is 0 Å². The second-order valence-corrected chi connectivity index (χ2v) is 5.31. The van der Waals surface area contributed by atoms with Gasteiger partial charge in [-0.05, 0) is 24.3 Å². The van der Waals surface area contributed by atoms with Crippen LogP contribution in [-0.4, -0.2) is 18.2 Å². The number of aromatic nitrogens is 1. The molecule has 25 heavy (non-hydrogen) atoms. The molecule has 0 spiro atoms. The fourth-order valence-electron chi connectivity index (χ4n) is 2.30. The lowest BCUT2D eigenvalue weighted by Gasteiger charge is -2.07. The monoisotopic (exact) mass is 335 g/mol. The molecule has 0 saturated carbocycles. The fraction of sp³-hybridized carbons (Fsp3) is 0.100. The molecular formula is C20H17NO4. The number of ether oxygens (including phenoxy) is 2. The van der Waals surface area contributed by atoms with Gasteiger partial charge in [0.25, 0.3) is 0 Å². The number of hydrogen-bond donors (Lipinski definition) is 0. The summed E-state index contributed by atoms with van der Waals surface area (Å²) in [7, 11) is 1.56. The summed E-state index contributed by atoms with van der Waals surface area (Å²) >= 11 is 0. The van der Waals surface area contributed by atoms with E-state index in [2.05, 4.69) is 5.16 Å². The van der Waals surface area contributed by atoms with Crippen LogP contribution in [0.1, 0.15) is 18.2 Å². The van der Waals surface area contributed by atoms with Gasteiger partial charge in [0.1, 0.15) is 17.2 Å². The maximum atomic E-state index is 11.3. The summed E-state index contributed by atoms with van der Waals surface area (Å²) in [5.41, 5.74) is 2.36. The number of hydrogen-bond acceptors (Lipinski definition) is 5. The number of nitrogens with zero attached hydrogens (tertiary/aromatic N) is 1. The molecule has 0 unspecified atom stereocenters. The second-order valence-electron chi connectivity index (χ2n) is 5.31. The zero-order chi connectivity index (χ0) is 17.6. The van der Waals surface area contributed by atoms with Gasteiger partial charge < -0.3 is 14.0 Å². The zero-order valence-corrected chi connectivity index (χ0v) is 13.9. The van der Waals surface area contributed by atoms with Crippen molar-refractivity contribution in [3.05, 3.63) is 65.9 Å². The largest absolute Gasteiger partial charge is 0.497 e. The average molecular weight is 335 g/mol. The molecule has 3 rings (SSSR count).